The fourth-order valence-corrected chi connectivity index (χ4v) is 1.33. The maximum absolute atomic E-state index is 10.0. The van der Waals surface area contributed by atoms with Crippen LogP contribution in [0.2, 0.25) is 0 Å². The molecule has 5 nitrogen and oxygen atoms in total. The first-order chi connectivity index (χ1) is 9.02. The second-order valence-electron chi connectivity index (χ2n) is 4.44. The highest BCUT2D eigenvalue weighted by Gasteiger charge is 2.14. The van der Waals surface area contributed by atoms with Crippen LogP contribution in [0.15, 0.2) is 35.4 Å². The summed E-state index contributed by atoms with van der Waals surface area (Å²) in [7, 11) is 0. The van der Waals surface area contributed by atoms with Gasteiger partial charge in [0, 0.05) is 6.21 Å². The monoisotopic (exact) mass is 261 g/mol. The van der Waals surface area contributed by atoms with Gasteiger partial charge in [-0.05, 0) is 23.6 Å². The number of para-hydroxylation sites is 1. The van der Waals surface area contributed by atoms with E-state index in [2.05, 4.69) is 10.5 Å². The number of carboxylic acid groups (broad SMARTS) is 1. The molecule has 0 fully saturated rings. The summed E-state index contributed by atoms with van der Waals surface area (Å²) in [5.41, 5.74) is 10.3. The van der Waals surface area contributed by atoms with Crippen molar-refractivity contribution < 1.29 is 9.90 Å². The lowest BCUT2D eigenvalue weighted by molar-refractivity contribution is -0.139. The molecule has 19 heavy (non-hydrogen) atoms. The minimum Gasteiger partial charge on any atom is -0.480 e. The van der Waals surface area contributed by atoms with E-state index in [9.17, 15) is 4.79 Å². The molecule has 1 aromatic carbocycles. The van der Waals surface area contributed by atoms with Crippen LogP contribution in [-0.4, -0.2) is 23.3 Å². The number of allylic oxidation sites excluding steroid dienone is 1. The lowest BCUT2D eigenvalue weighted by Gasteiger charge is -2.07. The molecule has 1 heterocycles. The number of hydrogen-bond acceptors (Lipinski definition) is 4. The van der Waals surface area contributed by atoms with E-state index < -0.39 is 12.0 Å². The highest BCUT2D eigenvalue weighted by atomic mass is 16.4. The number of benzene rings is 1. The number of nitrogens with one attached hydrogen (secondary N) is 1. The molecular formula is C14H19N3O2. The minimum absolute atomic E-state index is 0.0208. The lowest BCUT2D eigenvalue weighted by atomic mass is 10.1. The molecule has 0 unspecified atom stereocenters. The normalized spacial score (nSPS) is 13.7. The SMILES string of the molecule is C1=Cc2ccccc2NN=C1.CC(C)[C@H](N)C(=O)O. The average Bonchev–Trinajstić information content (AvgIpc) is 2.63. The van der Waals surface area contributed by atoms with Gasteiger partial charge in [-0.1, -0.05) is 38.1 Å². The van der Waals surface area contributed by atoms with E-state index in [-0.39, 0.29) is 5.92 Å². The third-order valence-corrected chi connectivity index (χ3v) is 2.59. The Morgan fingerprint density at radius 1 is 1.37 bits per heavy atom. The standard InChI is InChI=1S/C9H8N2.C5H11NO2/c1-2-6-9-8(4-1)5-3-7-10-11-9;1-3(2)4(6)5(7)8/h1-7,11H;3-4H,6H2,1-2H3,(H,7,8)/t;4-/m.0/s1. The Morgan fingerprint density at radius 2 is 2.05 bits per heavy atom. The first kappa shape index (κ1) is 14.9. The Bertz CT molecular complexity index is 481. The number of carboxylic acids is 1. The van der Waals surface area contributed by atoms with Crippen LogP contribution in [0.4, 0.5) is 5.69 Å². The summed E-state index contributed by atoms with van der Waals surface area (Å²) in [5, 5.41) is 12.2. The number of fused-ring (bicyclic) bond motifs is 1. The van der Waals surface area contributed by atoms with E-state index >= 15 is 0 Å². The van der Waals surface area contributed by atoms with Crippen LogP contribution in [-0.2, 0) is 4.79 Å². The van der Waals surface area contributed by atoms with Gasteiger partial charge in [0.25, 0.3) is 0 Å². The van der Waals surface area contributed by atoms with E-state index in [1.54, 1.807) is 20.1 Å². The van der Waals surface area contributed by atoms with Crippen molar-refractivity contribution in [2.75, 3.05) is 5.43 Å². The molecule has 0 aromatic heterocycles. The molecule has 1 atom stereocenters. The predicted octanol–water partition coefficient (Wildman–Crippen LogP) is 2.17. The predicted molar refractivity (Wildman–Crippen MR) is 78.0 cm³/mol. The van der Waals surface area contributed by atoms with Gasteiger partial charge in [-0.3, -0.25) is 10.2 Å². The van der Waals surface area contributed by atoms with Crippen molar-refractivity contribution in [3.8, 4) is 0 Å². The van der Waals surface area contributed by atoms with Crippen molar-refractivity contribution in [1.82, 2.24) is 0 Å². The Hall–Kier alpha value is -2.14. The van der Waals surface area contributed by atoms with E-state index in [0.29, 0.717) is 0 Å². The molecule has 1 aliphatic heterocycles. The summed E-state index contributed by atoms with van der Waals surface area (Å²) in [5.74, 6) is -0.910. The second-order valence-corrected chi connectivity index (χ2v) is 4.44. The molecule has 0 amide bonds. The van der Waals surface area contributed by atoms with Crippen LogP contribution in [0.5, 0.6) is 0 Å². The van der Waals surface area contributed by atoms with Crippen LogP contribution < -0.4 is 11.2 Å². The summed E-state index contributed by atoms with van der Waals surface area (Å²) < 4.78 is 0. The lowest BCUT2D eigenvalue weighted by Crippen LogP contribution is -2.34. The summed E-state index contributed by atoms with van der Waals surface area (Å²) in [6.07, 6.45) is 5.68. The zero-order chi connectivity index (χ0) is 14.3. The first-order valence-corrected chi connectivity index (χ1v) is 6.05. The molecule has 2 rings (SSSR count). The first-order valence-electron chi connectivity index (χ1n) is 6.05. The number of nitrogens with two attached hydrogens (primary N) is 1. The minimum atomic E-state index is -0.931. The van der Waals surface area contributed by atoms with E-state index in [1.165, 1.54) is 5.56 Å². The highest BCUT2D eigenvalue weighted by molar-refractivity contribution is 5.83. The van der Waals surface area contributed by atoms with Gasteiger partial charge in [-0.15, -0.1) is 0 Å². The fraction of sp³-hybridized carbons (Fsp3) is 0.286. The third-order valence-electron chi connectivity index (χ3n) is 2.59. The van der Waals surface area contributed by atoms with Gasteiger partial charge in [0.15, 0.2) is 0 Å². The number of nitrogens with zero attached hydrogens (tertiary/aromatic N) is 1. The molecule has 0 radical (unpaired) electrons. The van der Waals surface area contributed by atoms with Crippen LogP contribution in [0.3, 0.4) is 0 Å². The number of aliphatic carboxylic acids is 1. The molecule has 102 valence electrons. The zero-order valence-corrected chi connectivity index (χ0v) is 11.1. The summed E-state index contributed by atoms with van der Waals surface area (Å²) >= 11 is 0. The number of rotatable bonds is 2. The van der Waals surface area contributed by atoms with Gasteiger partial charge < -0.3 is 10.8 Å². The van der Waals surface area contributed by atoms with Crippen molar-refractivity contribution in [2.45, 2.75) is 19.9 Å². The fourth-order valence-electron chi connectivity index (χ4n) is 1.33. The highest BCUT2D eigenvalue weighted by Crippen LogP contribution is 2.17. The van der Waals surface area contributed by atoms with Gasteiger partial charge >= 0.3 is 5.97 Å². The molecule has 0 saturated carbocycles. The van der Waals surface area contributed by atoms with Gasteiger partial charge in [0.2, 0.25) is 0 Å². The van der Waals surface area contributed by atoms with E-state index in [4.69, 9.17) is 10.8 Å². The van der Waals surface area contributed by atoms with Gasteiger partial charge in [0.1, 0.15) is 6.04 Å². The summed E-state index contributed by atoms with van der Waals surface area (Å²) in [6, 6.07) is 7.34. The van der Waals surface area contributed by atoms with Crippen LogP contribution in [0.1, 0.15) is 19.4 Å². The van der Waals surface area contributed by atoms with Gasteiger partial charge in [-0.25, -0.2) is 0 Å². The van der Waals surface area contributed by atoms with Gasteiger partial charge in [-0.2, -0.15) is 5.10 Å². The second kappa shape index (κ2) is 7.33. The number of hydrogen-bond donors (Lipinski definition) is 3. The molecule has 0 bridgehead atoms. The average molecular weight is 261 g/mol. The molecule has 1 aromatic rings. The van der Waals surface area contributed by atoms with Crippen molar-refractivity contribution >= 4 is 23.9 Å². The third kappa shape index (κ3) is 4.93. The summed E-state index contributed by atoms with van der Waals surface area (Å²) in [4.78, 5) is 10.0. The molecule has 4 N–H and O–H groups in total. The molecule has 1 aliphatic rings. The van der Waals surface area contributed by atoms with Crippen LogP contribution in [0, 0.1) is 5.92 Å². The maximum Gasteiger partial charge on any atom is 0.320 e. The largest absolute Gasteiger partial charge is 0.480 e. The Morgan fingerprint density at radius 3 is 2.63 bits per heavy atom. The number of hydrazone groups is 1. The quantitative estimate of drug-likeness (QED) is 0.761. The smallest absolute Gasteiger partial charge is 0.320 e. The van der Waals surface area contributed by atoms with E-state index in [0.717, 1.165) is 5.69 Å². The molecule has 0 saturated heterocycles. The van der Waals surface area contributed by atoms with Crippen LogP contribution >= 0.6 is 0 Å². The molecular weight excluding hydrogens is 242 g/mol. The maximum atomic E-state index is 10.0. The van der Waals surface area contributed by atoms with Crippen molar-refractivity contribution in [3.63, 3.8) is 0 Å². The van der Waals surface area contributed by atoms with Gasteiger partial charge in [0.05, 0.1) is 5.69 Å². The molecule has 5 heteroatoms. The summed E-state index contributed by atoms with van der Waals surface area (Å²) in [6.45, 7) is 3.55. The zero-order valence-electron chi connectivity index (χ0n) is 11.1. The Balaban J connectivity index is 0.000000203. The van der Waals surface area contributed by atoms with Crippen LogP contribution in [0.25, 0.3) is 6.08 Å². The number of anilines is 1. The van der Waals surface area contributed by atoms with Crippen molar-refractivity contribution in [2.24, 2.45) is 16.8 Å². The van der Waals surface area contributed by atoms with E-state index in [1.807, 2.05) is 36.4 Å². The van der Waals surface area contributed by atoms with Crippen molar-refractivity contribution in [1.29, 1.82) is 0 Å². The molecule has 0 spiro atoms. The Kier molecular flexibility index (Phi) is 5.75. The Labute approximate surface area is 112 Å². The topological polar surface area (TPSA) is 87.7 Å². The van der Waals surface area contributed by atoms with Crippen molar-refractivity contribution in [3.05, 3.63) is 35.9 Å². The number of carbonyl (C=O) groups is 1. The molecule has 0 aliphatic carbocycles.